The molecule has 0 bridgehead atoms. The summed E-state index contributed by atoms with van der Waals surface area (Å²) in [6, 6.07) is 3.72. The van der Waals surface area contributed by atoms with Crippen LogP contribution >= 0.6 is 0 Å². The van der Waals surface area contributed by atoms with E-state index in [1.54, 1.807) is 0 Å². The number of halogens is 5. The predicted molar refractivity (Wildman–Crippen MR) is 73.5 cm³/mol. The lowest BCUT2D eigenvalue weighted by atomic mass is 10.1. The Bertz CT molecular complexity index is 781. The van der Waals surface area contributed by atoms with Crippen LogP contribution in [0.1, 0.15) is 15.9 Å². The number of nitrogens with one attached hydrogen (secondary N) is 1. The van der Waals surface area contributed by atoms with Crippen molar-refractivity contribution in [3.8, 4) is 5.75 Å². The first-order valence-corrected chi connectivity index (χ1v) is 6.43. The van der Waals surface area contributed by atoms with Crippen LogP contribution < -0.4 is 10.1 Å². The van der Waals surface area contributed by atoms with Crippen molar-refractivity contribution in [1.82, 2.24) is 0 Å². The van der Waals surface area contributed by atoms with Gasteiger partial charge < -0.3 is 15.2 Å². The SMILES string of the molecule is COc1ccc(NCc2c(F)c(F)c(F)c(F)c2F)cc1C(=O)O. The molecule has 0 aromatic heterocycles. The molecule has 0 saturated heterocycles. The maximum Gasteiger partial charge on any atom is 0.339 e. The van der Waals surface area contributed by atoms with Crippen LogP contribution in [0.25, 0.3) is 0 Å². The van der Waals surface area contributed by atoms with Crippen LogP contribution in [-0.2, 0) is 6.54 Å². The molecule has 2 aromatic carbocycles. The fraction of sp³-hybridized carbons (Fsp3) is 0.133. The zero-order chi connectivity index (χ0) is 18.0. The Morgan fingerprint density at radius 3 is 2.08 bits per heavy atom. The van der Waals surface area contributed by atoms with E-state index in [4.69, 9.17) is 9.84 Å². The van der Waals surface area contributed by atoms with E-state index in [1.165, 1.54) is 19.2 Å². The maximum absolute atomic E-state index is 13.6. The average molecular weight is 347 g/mol. The second-order valence-electron chi connectivity index (χ2n) is 4.62. The van der Waals surface area contributed by atoms with Crippen LogP contribution in [0.3, 0.4) is 0 Å². The minimum absolute atomic E-state index is 0.0456. The summed E-state index contributed by atoms with van der Waals surface area (Å²) < 4.78 is 71.1. The Kier molecular flexibility index (Phi) is 4.91. The molecule has 0 radical (unpaired) electrons. The van der Waals surface area contributed by atoms with Gasteiger partial charge in [0, 0.05) is 17.8 Å². The molecule has 2 aromatic rings. The number of carbonyl (C=O) groups is 1. The van der Waals surface area contributed by atoms with Crippen molar-refractivity contribution in [2.45, 2.75) is 6.54 Å². The molecule has 0 aliphatic carbocycles. The smallest absolute Gasteiger partial charge is 0.339 e. The standard InChI is InChI=1S/C15H10F5NO3/c1-24-9-3-2-6(4-7(9)15(22)23)21-5-8-10(16)12(18)14(20)13(19)11(8)17/h2-4,21H,5H2,1H3,(H,22,23). The zero-order valence-electron chi connectivity index (χ0n) is 12.1. The molecule has 0 aliphatic rings. The maximum atomic E-state index is 13.6. The molecule has 0 amide bonds. The van der Waals surface area contributed by atoms with Gasteiger partial charge in [0.25, 0.3) is 0 Å². The highest BCUT2D eigenvalue weighted by molar-refractivity contribution is 5.92. The molecule has 0 saturated carbocycles. The summed E-state index contributed by atoms with van der Waals surface area (Å²) in [6.45, 7) is -0.739. The molecule has 0 heterocycles. The largest absolute Gasteiger partial charge is 0.496 e. The Morgan fingerprint density at radius 1 is 1.04 bits per heavy atom. The minimum atomic E-state index is -2.24. The fourth-order valence-electron chi connectivity index (χ4n) is 1.98. The number of anilines is 1. The Labute approximate surface area is 132 Å². The van der Waals surface area contributed by atoms with E-state index < -0.39 is 47.2 Å². The number of hydrogen-bond acceptors (Lipinski definition) is 3. The summed E-state index contributed by atoms with van der Waals surface area (Å²) in [5.74, 6) is -11.5. The first-order chi connectivity index (χ1) is 11.3. The lowest BCUT2D eigenvalue weighted by Gasteiger charge is -2.12. The van der Waals surface area contributed by atoms with Crippen molar-refractivity contribution < 1.29 is 36.6 Å². The van der Waals surface area contributed by atoms with E-state index >= 15 is 0 Å². The van der Waals surface area contributed by atoms with Crippen molar-refractivity contribution in [3.05, 3.63) is 58.4 Å². The number of methoxy groups -OCH3 is 1. The summed E-state index contributed by atoms with van der Waals surface area (Å²) in [5, 5.41) is 11.4. The van der Waals surface area contributed by atoms with Gasteiger partial charge in [-0.2, -0.15) is 0 Å². The van der Waals surface area contributed by atoms with Crippen molar-refractivity contribution >= 4 is 11.7 Å². The third-order valence-corrected chi connectivity index (χ3v) is 3.20. The van der Waals surface area contributed by atoms with Crippen molar-refractivity contribution in [2.75, 3.05) is 12.4 Å². The number of aromatic carboxylic acids is 1. The second-order valence-corrected chi connectivity index (χ2v) is 4.62. The molecule has 0 unspecified atom stereocenters. The fourth-order valence-corrected chi connectivity index (χ4v) is 1.98. The molecular weight excluding hydrogens is 337 g/mol. The van der Waals surface area contributed by atoms with Gasteiger partial charge in [-0.25, -0.2) is 26.7 Å². The van der Waals surface area contributed by atoms with Gasteiger partial charge in [0.2, 0.25) is 5.82 Å². The molecule has 24 heavy (non-hydrogen) atoms. The van der Waals surface area contributed by atoms with Crippen LogP contribution in [0.5, 0.6) is 5.75 Å². The van der Waals surface area contributed by atoms with Gasteiger partial charge in [-0.3, -0.25) is 0 Å². The summed E-state index contributed by atoms with van der Waals surface area (Å²) in [4.78, 5) is 11.1. The first kappa shape index (κ1) is 17.5. The van der Waals surface area contributed by atoms with Gasteiger partial charge in [0.05, 0.1) is 7.11 Å². The van der Waals surface area contributed by atoms with Crippen molar-refractivity contribution in [3.63, 3.8) is 0 Å². The Morgan fingerprint density at radius 2 is 1.58 bits per heavy atom. The number of hydrogen-bond donors (Lipinski definition) is 2. The number of carboxylic acids is 1. The normalized spacial score (nSPS) is 10.6. The molecule has 0 fully saturated rings. The van der Waals surface area contributed by atoms with Crippen molar-refractivity contribution in [1.29, 1.82) is 0 Å². The van der Waals surface area contributed by atoms with E-state index in [0.29, 0.717) is 0 Å². The zero-order valence-corrected chi connectivity index (χ0v) is 12.1. The van der Waals surface area contributed by atoms with Crippen molar-refractivity contribution in [2.24, 2.45) is 0 Å². The molecule has 0 aliphatic heterocycles. The van der Waals surface area contributed by atoms with E-state index in [-0.39, 0.29) is 17.0 Å². The molecular formula is C15H10F5NO3. The molecule has 128 valence electrons. The van der Waals surface area contributed by atoms with Gasteiger partial charge in [0.1, 0.15) is 11.3 Å². The second kappa shape index (κ2) is 6.73. The topological polar surface area (TPSA) is 58.6 Å². The Hall–Kier alpha value is -2.84. The first-order valence-electron chi connectivity index (χ1n) is 6.43. The van der Waals surface area contributed by atoms with Crippen LogP contribution in [0, 0.1) is 29.1 Å². The van der Waals surface area contributed by atoms with Crippen LogP contribution in [-0.4, -0.2) is 18.2 Å². The molecule has 2 N–H and O–H groups in total. The van der Waals surface area contributed by atoms with Gasteiger partial charge in [0.15, 0.2) is 23.3 Å². The van der Waals surface area contributed by atoms with E-state index in [2.05, 4.69) is 5.32 Å². The van der Waals surface area contributed by atoms with Gasteiger partial charge in [-0.1, -0.05) is 0 Å². The third-order valence-electron chi connectivity index (χ3n) is 3.20. The highest BCUT2D eigenvalue weighted by Gasteiger charge is 2.25. The molecule has 9 heteroatoms. The predicted octanol–water partition coefficient (Wildman–Crippen LogP) is 3.70. The summed E-state index contributed by atoms with van der Waals surface area (Å²) >= 11 is 0. The monoisotopic (exact) mass is 347 g/mol. The number of rotatable bonds is 5. The summed E-state index contributed by atoms with van der Waals surface area (Å²) in [6.07, 6.45) is 0. The molecule has 4 nitrogen and oxygen atoms in total. The molecule has 2 rings (SSSR count). The van der Waals surface area contributed by atoms with Crippen LogP contribution in [0.15, 0.2) is 18.2 Å². The summed E-state index contributed by atoms with van der Waals surface area (Å²) in [7, 11) is 1.25. The van der Waals surface area contributed by atoms with Gasteiger partial charge >= 0.3 is 5.97 Å². The highest BCUT2D eigenvalue weighted by Crippen LogP contribution is 2.26. The molecule has 0 atom stereocenters. The van der Waals surface area contributed by atoms with Gasteiger partial charge in [-0.15, -0.1) is 0 Å². The van der Waals surface area contributed by atoms with E-state index in [9.17, 15) is 26.7 Å². The molecule has 0 spiro atoms. The lowest BCUT2D eigenvalue weighted by Crippen LogP contribution is -2.11. The quantitative estimate of drug-likeness (QED) is 0.492. The number of carboxylic acid groups (broad SMARTS) is 1. The minimum Gasteiger partial charge on any atom is -0.496 e. The number of benzene rings is 2. The third kappa shape index (κ3) is 3.10. The number of ether oxygens (including phenoxy) is 1. The summed E-state index contributed by atoms with van der Waals surface area (Å²) in [5.41, 5.74) is -1.20. The average Bonchev–Trinajstić information content (AvgIpc) is 2.58. The lowest BCUT2D eigenvalue weighted by molar-refractivity contribution is 0.0693. The van der Waals surface area contributed by atoms with E-state index in [1.807, 2.05) is 0 Å². The van der Waals surface area contributed by atoms with Crippen LogP contribution in [0.2, 0.25) is 0 Å². The highest BCUT2D eigenvalue weighted by atomic mass is 19.2. The Balaban J connectivity index is 2.33. The van der Waals surface area contributed by atoms with Gasteiger partial charge in [-0.05, 0) is 18.2 Å². The van der Waals surface area contributed by atoms with Crippen LogP contribution in [0.4, 0.5) is 27.6 Å². The van der Waals surface area contributed by atoms with E-state index in [0.717, 1.165) is 6.07 Å².